The van der Waals surface area contributed by atoms with E-state index in [4.69, 9.17) is 14.2 Å². The van der Waals surface area contributed by atoms with Crippen LogP contribution in [-0.4, -0.2) is 75.8 Å². The Hall–Kier alpha value is -4.97. The van der Waals surface area contributed by atoms with E-state index in [0.29, 0.717) is 31.8 Å². The van der Waals surface area contributed by atoms with Crippen molar-refractivity contribution in [1.29, 1.82) is 0 Å². The van der Waals surface area contributed by atoms with Crippen LogP contribution < -0.4 is 24.5 Å². The Morgan fingerprint density at radius 1 is 0.927 bits per heavy atom. The maximum absolute atomic E-state index is 15.3. The Morgan fingerprint density at radius 3 is 2.25 bits per heavy atom. The summed E-state index contributed by atoms with van der Waals surface area (Å²) in [5.74, 6) is 0.877. The molecule has 2 saturated heterocycles. The van der Waals surface area contributed by atoms with E-state index in [-0.39, 0.29) is 48.8 Å². The number of nitrogens with zero attached hydrogens (tertiary/aromatic N) is 3. The fraction of sp³-hybridized carbons (Fsp3) is 0.386. The summed E-state index contributed by atoms with van der Waals surface area (Å²) >= 11 is 0. The van der Waals surface area contributed by atoms with Crippen LogP contribution in [0.5, 0.6) is 11.5 Å². The van der Waals surface area contributed by atoms with Gasteiger partial charge in [0, 0.05) is 43.2 Å². The van der Waals surface area contributed by atoms with Crippen molar-refractivity contribution in [2.75, 3.05) is 43.7 Å². The number of aliphatic hydroxyl groups is 1. The molecule has 55 heavy (non-hydrogen) atoms. The molecule has 4 aromatic rings. The molecule has 10 nitrogen and oxygen atoms in total. The van der Waals surface area contributed by atoms with Crippen molar-refractivity contribution in [3.8, 4) is 11.5 Å². The molecule has 11 heteroatoms. The Labute approximate surface area is 324 Å². The molecular formula is C44H51N3O7Si. The third-order valence-electron chi connectivity index (χ3n) is 12.0. The maximum atomic E-state index is 15.3. The predicted molar refractivity (Wildman–Crippen MR) is 215 cm³/mol. The van der Waals surface area contributed by atoms with Crippen LogP contribution in [0.1, 0.15) is 42.9 Å². The van der Waals surface area contributed by atoms with Crippen LogP contribution in [-0.2, 0) is 37.8 Å². The number of carbonyl (C=O) groups is 3. The van der Waals surface area contributed by atoms with Crippen LogP contribution in [0, 0.1) is 5.92 Å². The van der Waals surface area contributed by atoms with Crippen LogP contribution in [0.25, 0.3) is 0 Å². The normalized spacial score (nSPS) is 22.0. The zero-order chi connectivity index (χ0) is 38.9. The third-order valence-corrected chi connectivity index (χ3v) is 16.4. The van der Waals surface area contributed by atoms with Crippen molar-refractivity contribution in [2.45, 2.75) is 69.6 Å². The van der Waals surface area contributed by atoms with Gasteiger partial charge in [-0.3, -0.25) is 14.4 Å². The molecule has 0 radical (unpaired) electrons. The summed E-state index contributed by atoms with van der Waals surface area (Å²) < 4.78 is 18.5. The molecule has 0 aliphatic carbocycles. The van der Waals surface area contributed by atoms with E-state index in [0.717, 1.165) is 40.2 Å². The highest BCUT2D eigenvalue weighted by atomic mass is 28.3. The minimum absolute atomic E-state index is 0.0550. The van der Waals surface area contributed by atoms with Crippen LogP contribution in [0.2, 0.25) is 18.6 Å². The summed E-state index contributed by atoms with van der Waals surface area (Å²) in [6.45, 7) is 8.08. The number of hydrogen-bond acceptors (Lipinski definition) is 7. The van der Waals surface area contributed by atoms with Gasteiger partial charge in [0.2, 0.25) is 11.8 Å². The van der Waals surface area contributed by atoms with Gasteiger partial charge >= 0.3 is 0 Å². The fourth-order valence-corrected chi connectivity index (χ4v) is 13.2. The molecule has 3 heterocycles. The van der Waals surface area contributed by atoms with Crippen LogP contribution in [0.15, 0.2) is 97.1 Å². The zero-order valence-electron chi connectivity index (χ0n) is 32.4. The Kier molecular flexibility index (Phi) is 10.9. The topological polar surface area (TPSA) is 109 Å². The van der Waals surface area contributed by atoms with Crippen molar-refractivity contribution in [2.24, 2.45) is 5.92 Å². The molecule has 3 aliphatic rings. The Bertz CT molecular complexity index is 2020. The first-order valence-corrected chi connectivity index (χ1v) is 22.2. The molecule has 3 aliphatic heterocycles. The number of aliphatic hydroxyl groups excluding tert-OH is 1. The number of anilines is 2. The monoisotopic (exact) mass is 761 g/mol. The molecule has 3 amide bonds. The number of benzene rings is 4. The molecule has 0 saturated carbocycles. The largest absolute Gasteiger partial charge is 0.497 e. The highest BCUT2D eigenvalue weighted by Crippen LogP contribution is 2.60. The highest BCUT2D eigenvalue weighted by molar-refractivity contribution is 6.91. The summed E-state index contributed by atoms with van der Waals surface area (Å²) in [7, 11) is 0.736. The van der Waals surface area contributed by atoms with Gasteiger partial charge in [0.15, 0.2) is 5.60 Å². The van der Waals surface area contributed by atoms with Crippen molar-refractivity contribution in [3.63, 3.8) is 0 Å². The van der Waals surface area contributed by atoms with Gasteiger partial charge in [0.1, 0.15) is 11.5 Å². The van der Waals surface area contributed by atoms with Crippen molar-refractivity contribution < 1.29 is 33.7 Å². The van der Waals surface area contributed by atoms with E-state index < -0.39 is 19.8 Å². The van der Waals surface area contributed by atoms with E-state index >= 15 is 4.79 Å². The zero-order valence-corrected chi connectivity index (χ0v) is 33.4. The van der Waals surface area contributed by atoms with Gasteiger partial charge in [0.05, 0.1) is 53.7 Å². The molecule has 4 aromatic carbocycles. The van der Waals surface area contributed by atoms with Crippen molar-refractivity contribution >= 4 is 42.4 Å². The number of methoxy groups -OCH3 is 2. The van der Waals surface area contributed by atoms with Crippen LogP contribution >= 0.6 is 0 Å². The fourth-order valence-electron chi connectivity index (χ4n) is 9.18. The van der Waals surface area contributed by atoms with Gasteiger partial charge in [-0.15, -0.1) is 0 Å². The van der Waals surface area contributed by atoms with E-state index in [9.17, 15) is 14.7 Å². The number of amides is 3. The third kappa shape index (κ3) is 7.05. The van der Waals surface area contributed by atoms with E-state index in [1.54, 1.807) is 24.0 Å². The second kappa shape index (κ2) is 15.6. The average Bonchev–Trinajstić information content (AvgIpc) is 3.83. The lowest BCUT2D eigenvalue weighted by molar-refractivity contribution is -0.150. The minimum Gasteiger partial charge on any atom is -0.497 e. The quantitative estimate of drug-likeness (QED) is 0.167. The molecule has 1 spiro atoms. The summed E-state index contributed by atoms with van der Waals surface area (Å²) in [6, 6.07) is 31.5. The molecule has 1 N–H and O–H groups in total. The molecule has 0 bridgehead atoms. The second-order valence-electron chi connectivity index (χ2n) is 15.5. The second-order valence-corrected chi connectivity index (χ2v) is 20.2. The Morgan fingerprint density at radius 2 is 1.62 bits per heavy atom. The molecule has 2 fully saturated rings. The molecule has 7 rings (SSSR count). The Balaban J connectivity index is 1.27. The van der Waals surface area contributed by atoms with Crippen LogP contribution in [0.4, 0.5) is 11.4 Å². The summed E-state index contributed by atoms with van der Waals surface area (Å²) in [4.78, 5) is 47.4. The molecule has 0 aromatic heterocycles. The van der Waals surface area contributed by atoms with Crippen LogP contribution in [0.3, 0.4) is 0 Å². The molecular weight excluding hydrogens is 711 g/mol. The minimum atomic E-state index is -2.52. The first-order chi connectivity index (χ1) is 26.5. The first kappa shape index (κ1) is 38.3. The van der Waals surface area contributed by atoms with Gasteiger partial charge in [-0.1, -0.05) is 79.8 Å². The van der Waals surface area contributed by atoms with E-state index in [1.165, 1.54) is 5.19 Å². The van der Waals surface area contributed by atoms with Gasteiger partial charge < -0.3 is 34.0 Å². The molecule has 288 valence electrons. The lowest BCUT2D eigenvalue weighted by Crippen LogP contribution is -2.52. The number of fused-ring (bicyclic) bond motifs is 2. The van der Waals surface area contributed by atoms with Gasteiger partial charge in [-0.2, -0.15) is 0 Å². The number of hydrogen-bond donors (Lipinski definition) is 1. The van der Waals surface area contributed by atoms with Crippen molar-refractivity contribution in [1.82, 2.24) is 4.90 Å². The predicted octanol–water partition coefficient (Wildman–Crippen LogP) is 6.00. The summed E-state index contributed by atoms with van der Waals surface area (Å²) in [5, 5.41) is 11.2. The van der Waals surface area contributed by atoms with E-state index in [1.807, 2.05) is 89.8 Å². The van der Waals surface area contributed by atoms with Gasteiger partial charge in [-0.25, -0.2) is 0 Å². The number of carbonyl (C=O) groups excluding carboxylic acids is 3. The SMILES string of the molecule is COc1ccc([Si](C)(C)[C@@H]2[C@@H](CC(=O)N(CCO)Cc3ccccc3)O[C@]3(C(=O)N(Cc4ccc(N5CCCC5=O)cc4)c4ccc(OC)cc43)[C@H]2C)cc1. The molecule has 0 unspecified atom stereocenters. The lowest BCUT2D eigenvalue weighted by atomic mass is 9.82. The standard InChI is InChI=1S/C44H51N3O7Si/c1-30-42(55(4,5)36-20-17-34(52-2)18-21-36)39(27-41(50)45(24-25-48)28-31-10-7-6-8-11-31)54-44(30)37-26-35(53-3)19-22-38(37)47(43(44)51)29-32-13-15-33(16-14-32)46-23-9-12-40(46)49/h6-8,10-11,13-22,26,30,39,42,48H,9,12,23-25,27-29H2,1-5H3/t30-,39+,42-,44+/m0/s1. The van der Waals surface area contributed by atoms with Gasteiger partial charge in [-0.05, 0) is 65.6 Å². The van der Waals surface area contributed by atoms with Gasteiger partial charge in [0.25, 0.3) is 5.91 Å². The highest BCUT2D eigenvalue weighted by Gasteiger charge is 2.66. The maximum Gasteiger partial charge on any atom is 0.264 e. The number of ether oxygens (including phenoxy) is 3. The van der Waals surface area contributed by atoms with E-state index in [2.05, 4.69) is 32.2 Å². The number of rotatable bonds is 13. The first-order valence-electron chi connectivity index (χ1n) is 19.2. The summed E-state index contributed by atoms with van der Waals surface area (Å²) in [5.41, 5.74) is 2.70. The lowest BCUT2D eigenvalue weighted by Gasteiger charge is -2.37. The summed E-state index contributed by atoms with van der Waals surface area (Å²) in [6.07, 6.45) is 0.868. The van der Waals surface area contributed by atoms with Crippen molar-refractivity contribution in [3.05, 3.63) is 114 Å². The molecule has 4 atom stereocenters. The average molecular weight is 762 g/mol. The smallest absolute Gasteiger partial charge is 0.264 e.